The molecule has 1 aromatic carbocycles. The number of carbonyl (C=O) groups excluding carboxylic acids is 2. The first-order chi connectivity index (χ1) is 16.8. The number of nitrogens with zero attached hydrogens (tertiary/aromatic N) is 1. The largest absolute Gasteiger partial charge is 0.504 e. The zero-order valence-corrected chi connectivity index (χ0v) is 20.4. The van der Waals surface area contributed by atoms with E-state index in [1.807, 2.05) is 6.07 Å². The second-order valence-corrected chi connectivity index (χ2v) is 11.9. The lowest BCUT2D eigenvalue weighted by Gasteiger charge is -2.43. The molecule has 4 aliphatic rings. The molecule has 11 heteroatoms. The number of ether oxygens (including phenoxy) is 1. The van der Waals surface area contributed by atoms with Crippen LogP contribution < -0.4 is 9.61 Å². The molecule has 184 valence electrons. The number of benzene rings is 1. The van der Waals surface area contributed by atoms with Gasteiger partial charge in [-0.15, -0.1) is 11.8 Å². The average Bonchev–Trinajstić information content (AvgIpc) is 3.54. The molecule has 3 heterocycles. The summed E-state index contributed by atoms with van der Waals surface area (Å²) in [4.78, 5) is 55.0. The van der Waals surface area contributed by atoms with Gasteiger partial charge in [-0.1, -0.05) is 17.4 Å². The minimum absolute atomic E-state index is 0.0130. The number of nitrogens with one attached hydrogen (secondary N) is 1. The van der Waals surface area contributed by atoms with Crippen LogP contribution in [0.1, 0.15) is 35.6 Å². The Kier molecular flexibility index (Phi) is 5.26. The molecule has 6 rings (SSSR count). The van der Waals surface area contributed by atoms with Gasteiger partial charge in [-0.05, 0) is 48.3 Å². The second-order valence-electron chi connectivity index (χ2n) is 9.72. The third-order valence-corrected chi connectivity index (χ3v) is 10.7. The van der Waals surface area contributed by atoms with Gasteiger partial charge in [0.25, 0.3) is 0 Å². The third kappa shape index (κ3) is 3.27. The minimum Gasteiger partial charge on any atom is -0.504 e. The van der Waals surface area contributed by atoms with Gasteiger partial charge in [-0.2, -0.15) is 0 Å². The van der Waals surface area contributed by atoms with E-state index in [1.54, 1.807) is 23.9 Å². The van der Waals surface area contributed by atoms with Crippen LogP contribution in [0.25, 0.3) is 0 Å². The molecule has 35 heavy (non-hydrogen) atoms. The van der Waals surface area contributed by atoms with E-state index in [-0.39, 0.29) is 76.7 Å². The fourth-order valence-corrected chi connectivity index (χ4v) is 9.84. The first-order valence-electron chi connectivity index (χ1n) is 11.6. The Balaban J connectivity index is 1.39. The van der Waals surface area contributed by atoms with Gasteiger partial charge in [0.15, 0.2) is 11.5 Å². The third-order valence-electron chi connectivity index (χ3n) is 8.15. The molecular formula is C24H24N2O7S2. The van der Waals surface area contributed by atoms with Crippen LogP contribution in [0.15, 0.2) is 28.0 Å². The van der Waals surface area contributed by atoms with E-state index in [0.717, 1.165) is 21.9 Å². The van der Waals surface area contributed by atoms with Crippen molar-refractivity contribution in [3.63, 3.8) is 0 Å². The molecular weight excluding hydrogens is 492 g/mol. The lowest BCUT2D eigenvalue weighted by molar-refractivity contribution is -0.142. The maximum Gasteiger partial charge on any atom is 0.305 e. The number of aromatic amines is 1. The van der Waals surface area contributed by atoms with Gasteiger partial charge in [0, 0.05) is 29.0 Å². The van der Waals surface area contributed by atoms with Gasteiger partial charge in [0.2, 0.25) is 11.8 Å². The number of carbonyl (C=O) groups is 3. The predicted octanol–water partition coefficient (Wildman–Crippen LogP) is 2.49. The Bertz CT molecular complexity index is 1300. The lowest BCUT2D eigenvalue weighted by Crippen LogP contribution is -2.42. The number of likely N-dealkylation sites (tertiary alicyclic amines) is 1. The van der Waals surface area contributed by atoms with Gasteiger partial charge in [-0.25, -0.2) is 0 Å². The maximum absolute atomic E-state index is 13.4. The molecule has 2 aromatic rings. The summed E-state index contributed by atoms with van der Waals surface area (Å²) < 4.78 is 5.34. The molecule has 2 saturated carbocycles. The molecule has 0 spiro atoms. The smallest absolute Gasteiger partial charge is 0.305 e. The highest BCUT2D eigenvalue weighted by atomic mass is 32.2. The predicted molar refractivity (Wildman–Crippen MR) is 127 cm³/mol. The van der Waals surface area contributed by atoms with Crippen molar-refractivity contribution in [1.29, 1.82) is 0 Å². The Morgan fingerprint density at radius 1 is 1.20 bits per heavy atom. The van der Waals surface area contributed by atoms with Gasteiger partial charge in [0.05, 0.1) is 24.0 Å². The molecule has 0 radical (unpaired) electrons. The summed E-state index contributed by atoms with van der Waals surface area (Å²) >= 11 is 2.79. The summed E-state index contributed by atoms with van der Waals surface area (Å²) in [5.74, 6) is -1.82. The Hall–Kier alpha value is -2.79. The number of carboxylic acid groups (broad SMARTS) is 1. The second kappa shape index (κ2) is 8.12. The minimum atomic E-state index is -0.945. The van der Waals surface area contributed by atoms with Gasteiger partial charge < -0.3 is 19.9 Å². The lowest BCUT2D eigenvalue weighted by atomic mass is 9.68. The highest BCUT2D eigenvalue weighted by Crippen LogP contribution is 2.68. The van der Waals surface area contributed by atoms with Gasteiger partial charge >= 0.3 is 10.8 Å². The van der Waals surface area contributed by atoms with Crippen molar-refractivity contribution >= 4 is 40.9 Å². The fraction of sp³-hybridized carbons (Fsp3) is 0.500. The van der Waals surface area contributed by atoms with E-state index < -0.39 is 11.9 Å². The van der Waals surface area contributed by atoms with Crippen LogP contribution in [-0.4, -0.2) is 56.8 Å². The number of aliphatic carboxylic acids is 1. The number of H-pyrrole nitrogens is 1. The molecule has 1 saturated heterocycles. The molecule has 3 N–H and O–H groups in total. The summed E-state index contributed by atoms with van der Waals surface area (Å²) in [7, 11) is 1.49. The topological polar surface area (TPSA) is 137 Å². The molecule has 1 aromatic heterocycles. The number of methoxy groups -OCH3 is 1. The Morgan fingerprint density at radius 2 is 1.94 bits per heavy atom. The highest BCUT2D eigenvalue weighted by molar-refractivity contribution is 8.00. The number of fused-ring (bicyclic) bond motifs is 9. The molecule has 2 aliphatic carbocycles. The summed E-state index contributed by atoms with van der Waals surface area (Å²) in [6, 6.07) is 5.22. The van der Waals surface area contributed by atoms with Crippen LogP contribution in [0, 0.1) is 29.6 Å². The number of thioether (sulfide) groups is 1. The number of hydrogen-bond acceptors (Lipinski definition) is 8. The van der Waals surface area contributed by atoms with E-state index in [0.29, 0.717) is 5.75 Å². The summed E-state index contributed by atoms with van der Waals surface area (Å²) in [5, 5.41) is 20.0. The van der Waals surface area contributed by atoms with E-state index in [1.165, 1.54) is 23.3 Å². The number of aromatic nitrogens is 1. The number of carboxylic acids is 1. The summed E-state index contributed by atoms with van der Waals surface area (Å²) in [6.07, 6.45) is 0.944. The molecule has 0 unspecified atom stereocenters. The normalized spacial score (nSPS) is 32.5. The molecule has 9 nitrogen and oxygen atoms in total. The SMILES string of the molecule is COc1cc([C@@H]2c3sc(=O)[nH]c3S[C@@H]3[C@H]4C[C@@H]([C@@H]5C(=O)N(CCCC(=O)O)C(=O)[C@@H]45)[C@@H]23)ccc1O. The van der Waals surface area contributed by atoms with Crippen LogP contribution in [0.5, 0.6) is 11.5 Å². The van der Waals surface area contributed by atoms with Crippen molar-refractivity contribution in [3.8, 4) is 11.5 Å². The number of thiazole rings is 1. The van der Waals surface area contributed by atoms with Crippen molar-refractivity contribution < 1.29 is 29.3 Å². The monoisotopic (exact) mass is 516 g/mol. The van der Waals surface area contributed by atoms with E-state index in [9.17, 15) is 24.3 Å². The number of rotatable bonds is 6. The van der Waals surface area contributed by atoms with E-state index >= 15 is 0 Å². The number of imide groups is 1. The molecule has 7 atom stereocenters. The molecule has 3 fully saturated rings. The molecule has 2 bridgehead atoms. The number of aromatic hydroxyl groups is 1. The Morgan fingerprint density at radius 3 is 2.66 bits per heavy atom. The average molecular weight is 517 g/mol. The first kappa shape index (κ1) is 22.7. The van der Waals surface area contributed by atoms with Crippen LogP contribution in [-0.2, 0) is 14.4 Å². The van der Waals surface area contributed by atoms with Gasteiger partial charge in [-0.3, -0.25) is 24.1 Å². The number of phenols is 1. The highest BCUT2D eigenvalue weighted by Gasteiger charge is 2.69. The zero-order valence-electron chi connectivity index (χ0n) is 18.8. The van der Waals surface area contributed by atoms with Crippen LogP contribution in [0.3, 0.4) is 0 Å². The van der Waals surface area contributed by atoms with Crippen molar-refractivity contribution in [1.82, 2.24) is 9.88 Å². The first-order valence-corrected chi connectivity index (χ1v) is 13.3. The fourth-order valence-electron chi connectivity index (χ4n) is 6.95. The van der Waals surface area contributed by atoms with Crippen molar-refractivity contribution in [2.24, 2.45) is 29.6 Å². The Labute approximate surface area is 208 Å². The zero-order chi connectivity index (χ0) is 24.6. The van der Waals surface area contributed by atoms with Crippen molar-refractivity contribution in [3.05, 3.63) is 38.3 Å². The number of amides is 2. The quantitative estimate of drug-likeness (QED) is 0.498. The molecule has 2 amide bonds. The standard InChI is InChI=1S/C24H24N2O7S2/c1-33-13-7-9(4-5-12(13)27)15-16-10-8-11(19(16)34-21-20(15)35-24(32)25-21)18-17(10)22(30)26(23(18)31)6-2-3-14(28)29/h4-5,7,10-11,15-19,27H,2-3,6,8H2,1H3,(H,25,32)(H,28,29)/t10-,11+,15+,16+,17+,18+,19-/m1/s1. The van der Waals surface area contributed by atoms with E-state index in [2.05, 4.69) is 4.98 Å². The van der Waals surface area contributed by atoms with Gasteiger partial charge in [0.1, 0.15) is 0 Å². The number of phenolic OH excluding ortho intramolecular Hbond substituents is 1. The maximum atomic E-state index is 13.4. The van der Waals surface area contributed by atoms with Crippen molar-refractivity contribution in [2.75, 3.05) is 13.7 Å². The van der Waals surface area contributed by atoms with Crippen molar-refractivity contribution in [2.45, 2.75) is 35.5 Å². The van der Waals surface area contributed by atoms with E-state index in [4.69, 9.17) is 9.84 Å². The van der Waals surface area contributed by atoms with Crippen LogP contribution >= 0.6 is 23.1 Å². The van der Waals surface area contributed by atoms with Crippen LogP contribution in [0.2, 0.25) is 0 Å². The van der Waals surface area contributed by atoms with Crippen LogP contribution in [0.4, 0.5) is 0 Å². The number of hydrogen-bond donors (Lipinski definition) is 3. The summed E-state index contributed by atoms with van der Waals surface area (Å²) in [6.45, 7) is 0.137. The summed E-state index contributed by atoms with van der Waals surface area (Å²) in [5.41, 5.74) is 0.908. The molecule has 2 aliphatic heterocycles.